The molecule has 0 spiro atoms. The number of carbonyl (C=O) groups excluding carboxylic acids is 1. The highest BCUT2D eigenvalue weighted by atomic mass is 32.2. The van der Waals surface area contributed by atoms with Gasteiger partial charge in [0.25, 0.3) is 5.91 Å². The van der Waals surface area contributed by atoms with Gasteiger partial charge in [0, 0.05) is 24.3 Å². The van der Waals surface area contributed by atoms with E-state index in [-0.39, 0.29) is 23.0 Å². The second-order valence-electron chi connectivity index (χ2n) is 7.42. The number of nitrogens with zero attached hydrogens (tertiary/aromatic N) is 2. The van der Waals surface area contributed by atoms with Gasteiger partial charge in [0.2, 0.25) is 10.0 Å². The van der Waals surface area contributed by atoms with Crippen molar-refractivity contribution < 1.29 is 17.9 Å². The summed E-state index contributed by atoms with van der Waals surface area (Å²) in [6.07, 6.45) is 1.66. The number of carbonyl (C=O) groups is 1. The number of anilines is 1. The first-order chi connectivity index (χ1) is 14.8. The van der Waals surface area contributed by atoms with Crippen LogP contribution in [0.15, 0.2) is 51.7 Å². The first kappa shape index (κ1) is 22.2. The molecule has 0 saturated carbocycles. The maximum absolute atomic E-state index is 13.0. The highest BCUT2D eigenvalue weighted by molar-refractivity contribution is 8.00. The Hall–Kier alpha value is -1.98. The first-order valence-corrected chi connectivity index (χ1v) is 13.3. The van der Waals surface area contributed by atoms with Gasteiger partial charge in [0.15, 0.2) is 4.34 Å². The number of hydrogen-bond acceptors (Lipinski definition) is 7. The summed E-state index contributed by atoms with van der Waals surface area (Å²) in [6.45, 7) is 4.34. The minimum Gasteiger partial charge on any atom is -0.373 e. The number of amides is 1. The number of thiazole rings is 1. The van der Waals surface area contributed by atoms with Gasteiger partial charge in [-0.2, -0.15) is 4.31 Å². The number of aromatic nitrogens is 1. The van der Waals surface area contributed by atoms with Crippen molar-refractivity contribution in [1.82, 2.24) is 9.29 Å². The van der Waals surface area contributed by atoms with E-state index in [0.29, 0.717) is 24.3 Å². The van der Waals surface area contributed by atoms with Crippen molar-refractivity contribution in [3.8, 4) is 0 Å². The van der Waals surface area contributed by atoms with Gasteiger partial charge >= 0.3 is 0 Å². The second-order valence-corrected chi connectivity index (χ2v) is 11.4. The third kappa shape index (κ3) is 4.78. The molecule has 2 unspecified atom stereocenters. The molecule has 0 radical (unpaired) electrons. The van der Waals surface area contributed by atoms with E-state index in [9.17, 15) is 13.2 Å². The first-order valence-electron chi connectivity index (χ1n) is 9.78. The molecule has 1 aromatic heterocycles. The van der Waals surface area contributed by atoms with Crippen LogP contribution in [-0.4, -0.2) is 55.2 Å². The molecule has 1 aliphatic heterocycles. The summed E-state index contributed by atoms with van der Waals surface area (Å²) in [7, 11) is -3.64. The smallest absolute Gasteiger partial charge is 0.255 e. The monoisotopic (exact) mass is 477 g/mol. The number of fused-ring (bicyclic) bond motifs is 1. The lowest BCUT2D eigenvalue weighted by Gasteiger charge is -2.34. The quantitative estimate of drug-likeness (QED) is 0.558. The molecule has 7 nitrogen and oxygen atoms in total. The van der Waals surface area contributed by atoms with E-state index >= 15 is 0 Å². The van der Waals surface area contributed by atoms with Gasteiger partial charge in [-0.1, -0.05) is 11.8 Å². The van der Waals surface area contributed by atoms with E-state index in [1.807, 2.05) is 38.3 Å². The second kappa shape index (κ2) is 8.87. The molecule has 0 bridgehead atoms. The van der Waals surface area contributed by atoms with Gasteiger partial charge in [0.1, 0.15) is 0 Å². The van der Waals surface area contributed by atoms with Crippen molar-refractivity contribution in [3.63, 3.8) is 0 Å². The Morgan fingerprint density at radius 2 is 1.84 bits per heavy atom. The molecule has 1 N–H and O–H groups in total. The van der Waals surface area contributed by atoms with Crippen molar-refractivity contribution in [2.75, 3.05) is 24.7 Å². The highest BCUT2D eigenvalue weighted by Crippen LogP contribution is 2.30. The summed E-state index contributed by atoms with van der Waals surface area (Å²) in [5, 5.41) is 2.87. The normalized spacial score (nSPS) is 20.1. The predicted molar refractivity (Wildman–Crippen MR) is 125 cm³/mol. The topological polar surface area (TPSA) is 88.6 Å². The van der Waals surface area contributed by atoms with E-state index in [0.717, 1.165) is 14.6 Å². The van der Waals surface area contributed by atoms with E-state index in [2.05, 4.69) is 10.3 Å². The van der Waals surface area contributed by atoms with Crippen LogP contribution in [0.25, 0.3) is 10.2 Å². The summed E-state index contributed by atoms with van der Waals surface area (Å²) in [5.41, 5.74) is 1.95. The van der Waals surface area contributed by atoms with E-state index in [1.54, 1.807) is 23.1 Å². The van der Waals surface area contributed by atoms with Crippen molar-refractivity contribution >= 4 is 54.9 Å². The zero-order valence-electron chi connectivity index (χ0n) is 17.4. The number of benzene rings is 2. The van der Waals surface area contributed by atoms with E-state index in [1.165, 1.54) is 28.6 Å². The Balaban J connectivity index is 1.49. The number of thioether (sulfide) groups is 1. The zero-order valence-corrected chi connectivity index (χ0v) is 19.8. The Morgan fingerprint density at radius 1 is 1.16 bits per heavy atom. The van der Waals surface area contributed by atoms with Crippen LogP contribution in [-0.2, 0) is 14.8 Å². The molecule has 31 heavy (non-hydrogen) atoms. The molecule has 2 heterocycles. The molecule has 10 heteroatoms. The van der Waals surface area contributed by atoms with Crippen LogP contribution in [0.1, 0.15) is 24.2 Å². The van der Waals surface area contributed by atoms with Crippen molar-refractivity contribution in [2.45, 2.75) is 35.3 Å². The molecule has 3 aromatic rings. The predicted octanol–water partition coefficient (Wildman–Crippen LogP) is 4.07. The molecular weight excluding hydrogens is 454 g/mol. The van der Waals surface area contributed by atoms with Gasteiger partial charge in [-0.15, -0.1) is 11.3 Å². The van der Waals surface area contributed by atoms with Crippen LogP contribution in [0.5, 0.6) is 0 Å². The molecule has 164 valence electrons. The number of nitrogens with one attached hydrogen (secondary N) is 1. The number of sulfonamides is 1. The number of ether oxygens (including phenoxy) is 1. The molecule has 1 saturated heterocycles. The molecule has 1 aliphatic rings. The van der Waals surface area contributed by atoms with Gasteiger partial charge in [0.05, 0.1) is 27.3 Å². The summed E-state index contributed by atoms with van der Waals surface area (Å²) >= 11 is 3.16. The average Bonchev–Trinajstić information content (AvgIpc) is 3.15. The van der Waals surface area contributed by atoms with Crippen molar-refractivity contribution in [1.29, 1.82) is 0 Å². The minimum atomic E-state index is -3.64. The molecule has 0 aliphatic carbocycles. The van der Waals surface area contributed by atoms with Crippen LogP contribution in [0.4, 0.5) is 5.69 Å². The number of rotatable bonds is 5. The van der Waals surface area contributed by atoms with Gasteiger partial charge < -0.3 is 10.1 Å². The van der Waals surface area contributed by atoms with Gasteiger partial charge in [-0.25, -0.2) is 13.4 Å². The average molecular weight is 478 g/mol. The molecule has 2 aromatic carbocycles. The maximum Gasteiger partial charge on any atom is 0.255 e. The van der Waals surface area contributed by atoms with Crippen LogP contribution < -0.4 is 5.32 Å². The van der Waals surface area contributed by atoms with Crippen LogP contribution in [0.2, 0.25) is 0 Å². The number of hydrogen-bond donors (Lipinski definition) is 1. The highest BCUT2D eigenvalue weighted by Gasteiger charge is 2.32. The lowest BCUT2D eigenvalue weighted by Crippen LogP contribution is -2.48. The third-order valence-electron chi connectivity index (χ3n) is 4.94. The number of morpholine rings is 1. The third-order valence-corrected chi connectivity index (χ3v) is 8.79. The SMILES string of the molecule is CSc1nc2ccc(NC(=O)c3ccc(S(=O)(=O)N4CC(C)OC(C)C4)cc3)cc2s1. The molecule has 1 amide bonds. The van der Waals surface area contributed by atoms with E-state index in [4.69, 9.17) is 4.74 Å². The van der Waals surface area contributed by atoms with Gasteiger partial charge in [-0.3, -0.25) is 4.79 Å². The minimum absolute atomic E-state index is 0.161. The van der Waals surface area contributed by atoms with Crippen molar-refractivity contribution in [2.24, 2.45) is 0 Å². The fourth-order valence-electron chi connectivity index (χ4n) is 3.53. The Labute approximate surface area is 189 Å². The summed E-state index contributed by atoms with van der Waals surface area (Å²) in [5.74, 6) is -0.300. The fourth-order valence-corrected chi connectivity index (χ4v) is 6.65. The summed E-state index contributed by atoms with van der Waals surface area (Å²) < 4.78 is 35.0. The lowest BCUT2D eigenvalue weighted by atomic mass is 10.2. The van der Waals surface area contributed by atoms with Crippen molar-refractivity contribution in [3.05, 3.63) is 48.0 Å². The van der Waals surface area contributed by atoms with Crippen LogP contribution >= 0.6 is 23.1 Å². The van der Waals surface area contributed by atoms with Crippen LogP contribution in [0, 0.1) is 0 Å². The fraction of sp³-hybridized carbons (Fsp3) is 0.333. The molecule has 1 fully saturated rings. The standard InChI is InChI=1S/C21H23N3O4S3/c1-13-11-24(12-14(2)28-13)31(26,27)17-7-4-15(5-8-17)20(25)22-16-6-9-18-19(10-16)30-21(23-18)29-3/h4-10,13-14H,11-12H2,1-3H3,(H,22,25). The van der Waals surface area contributed by atoms with Crippen LogP contribution in [0.3, 0.4) is 0 Å². The molecule has 4 rings (SSSR count). The Bertz CT molecular complexity index is 1200. The summed E-state index contributed by atoms with van der Waals surface area (Å²) in [4.78, 5) is 17.3. The Kier molecular flexibility index (Phi) is 6.36. The molecule has 2 atom stereocenters. The zero-order chi connectivity index (χ0) is 22.2. The molecular formula is C21H23N3O4S3. The Morgan fingerprint density at radius 3 is 2.48 bits per heavy atom. The lowest BCUT2D eigenvalue weighted by molar-refractivity contribution is -0.0440. The maximum atomic E-state index is 13.0. The van der Waals surface area contributed by atoms with E-state index < -0.39 is 10.0 Å². The van der Waals surface area contributed by atoms with Gasteiger partial charge in [-0.05, 0) is 62.6 Å². The summed E-state index contributed by atoms with van der Waals surface area (Å²) in [6, 6.07) is 11.6. The largest absolute Gasteiger partial charge is 0.373 e.